The SMILES string of the molecule is Cc1cscc1C(=O)NC(C)(C)CCO. The van der Waals surface area contributed by atoms with E-state index in [4.69, 9.17) is 5.11 Å². The molecule has 1 amide bonds. The zero-order chi connectivity index (χ0) is 11.5. The Balaban J connectivity index is 2.68. The smallest absolute Gasteiger partial charge is 0.252 e. The molecule has 0 aliphatic heterocycles. The lowest BCUT2D eigenvalue weighted by Gasteiger charge is -2.25. The van der Waals surface area contributed by atoms with Crippen molar-refractivity contribution < 1.29 is 9.90 Å². The van der Waals surface area contributed by atoms with Gasteiger partial charge in [0.2, 0.25) is 0 Å². The van der Waals surface area contributed by atoms with Crippen LogP contribution in [-0.4, -0.2) is 23.2 Å². The maximum Gasteiger partial charge on any atom is 0.252 e. The third-order valence-corrected chi connectivity index (χ3v) is 3.15. The predicted molar refractivity (Wildman–Crippen MR) is 62.3 cm³/mol. The van der Waals surface area contributed by atoms with Crippen LogP contribution in [0, 0.1) is 6.92 Å². The Hall–Kier alpha value is -0.870. The number of carbonyl (C=O) groups is 1. The molecule has 0 saturated heterocycles. The van der Waals surface area contributed by atoms with E-state index < -0.39 is 0 Å². The third-order valence-electron chi connectivity index (χ3n) is 2.29. The average Bonchev–Trinajstić information content (AvgIpc) is 2.50. The second-order valence-electron chi connectivity index (χ2n) is 4.28. The summed E-state index contributed by atoms with van der Waals surface area (Å²) in [5, 5.41) is 15.6. The van der Waals surface area contributed by atoms with Gasteiger partial charge in [-0.05, 0) is 38.1 Å². The van der Waals surface area contributed by atoms with E-state index in [9.17, 15) is 4.79 Å². The first kappa shape index (κ1) is 12.2. The fourth-order valence-corrected chi connectivity index (χ4v) is 2.14. The quantitative estimate of drug-likeness (QED) is 0.826. The van der Waals surface area contributed by atoms with Crippen LogP contribution in [0.15, 0.2) is 10.8 Å². The molecule has 0 aromatic carbocycles. The first-order valence-electron chi connectivity index (χ1n) is 4.92. The molecule has 0 bridgehead atoms. The molecule has 0 atom stereocenters. The van der Waals surface area contributed by atoms with Gasteiger partial charge in [-0.3, -0.25) is 4.79 Å². The standard InChI is InChI=1S/C11H17NO2S/c1-8-6-15-7-9(8)10(14)12-11(2,3)4-5-13/h6-7,13H,4-5H2,1-3H3,(H,12,14). The monoisotopic (exact) mass is 227 g/mol. The minimum Gasteiger partial charge on any atom is -0.396 e. The second-order valence-corrected chi connectivity index (χ2v) is 5.02. The van der Waals surface area contributed by atoms with E-state index in [1.54, 1.807) is 0 Å². The number of hydrogen-bond donors (Lipinski definition) is 2. The number of aliphatic hydroxyl groups is 1. The summed E-state index contributed by atoms with van der Waals surface area (Å²) in [7, 11) is 0. The highest BCUT2D eigenvalue weighted by Gasteiger charge is 2.21. The summed E-state index contributed by atoms with van der Waals surface area (Å²) in [6.07, 6.45) is 0.557. The Kier molecular flexibility index (Phi) is 3.88. The molecule has 0 aliphatic carbocycles. The van der Waals surface area contributed by atoms with E-state index in [0.29, 0.717) is 6.42 Å². The van der Waals surface area contributed by atoms with Crippen LogP contribution < -0.4 is 5.32 Å². The Morgan fingerprint density at radius 1 is 1.53 bits per heavy atom. The maximum absolute atomic E-state index is 11.8. The Bertz CT molecular complexity index is 344. The minimum atomic E-state index is -0.361. The van der Waals surface area contributed by atoms with Gasteiger partial charge in [0, 0.05) is 17.5 Å². The fourth-order valence-electron chi connectivity index (χ4n) is 1.31. The third kappa shape index (κ3) is 3.32. The van der Waals surface area contributed by atoms with Gasteiger partial charge in [-0.25, -0.2) is 0 Å². The van der Waals surface area contributed by atoms with E-state index in [-0.39, 0.29) is 18.1 Å². The van der Waals surface area contributed by atoms with Crippen LogP contribution in [0.25, 0.3) is 0 Å². The van der Waals surface area contributed by atoms with Crippen molar-refractivity contribution in [1.82, 2.24) is 5.32 Å². The Morgan fingerprint density at radius 2 is 2.20 bits per heavy atom. The largest absolute Gasteiger partial charge is 0.396 e. The molecule has 0 saturated carbocycles. The number of carbonyl (C=O) groups excluding carboxylic acids is 1. The van der Waals surface area contributed by atoms with Crippen LogP contribution >= 0.6 is 11.3 Å². The molecule has 1 aromatic heterocycles. The summed E-state index contributed by atoms with van der Waals surface area (Å²) in [5.74, 6) is -0.0628. The lowest BCUT2D eigenvalue weighted by molar-refractivity contribution is 0.0899. The van der Waals surface area contributed by atoms with E-state index in [0.717, 1.165) is 11.1 Å². The second kappa shape index (κ2) is 4.77. The van der Waals surface area contributed by atoms with Crippen molar-refractivity contribution in [2.75, 3.05) is 6.61 Å². The van der Waals surface area contributed by atoms with Crippen molar-refractivity contribution in [3.63, 3.8) is 0 Å². The van der Waals surface area contributed by atoms with E-state index in [2.05, 4.69) is 5.32 Å². The van der Waals surface area contributed by atoms with Crippen molar-refractivity contribution in [3.8, 4) is 0 Å². The zero-order valence-electron chi connectivity index (χ0n) is 9.33. The number of hydrogen-bond acceptors (Lipinski definition) is 3. The van der Waals surface area contributed by atoms with Gasteiger partial charge in [-0.2, -0.15) is 11.3 Å². The van der Waals surface area contributed by atoms with Crippen molar-refractivity contribution in [3.05, 3.63) is 21.9 Å². The topological polar surface area (TPSA) is 49.3 Å². The van der Waals surface area contributed by atoms with Crippen molar-refractivity contribution in [1.29, 1.82) is 0 Å². The number of aliphatic hydroxyl groups excluding tert-OH is 1. The fraction of sp³-hybridized carbons (Fsp3) is 0.545. The first-order valence-corrected chi connectivity index (χ1v) is 5.87. The van der Waals surface area contributed by atoms with Crippen molar-refractivity contribution in [2.24, 2.45) is 0 Å². The molecule has 0 unspecified atom stereocenters. The molecular weight excluding hydrogens is 210 g/mol. The number of amides is 1. The van der Waals surface area contributed by atoms with Gasteiger partial charge >= 0.3 is 0 Å². The van der Waals surface area contributed by atoms with Crippen LogP contribution in [0.1, 0.15) is 36.2 Å². The molecule has 0 fully saturated rings. The Morgan fingerprint density at radius 3 is 2.67 bits per heavy atom. The van der Waals surface area contributed by atoms with Gasteiger partial charge in [0.15, 0.2) is 0 Å². The number of rotatable bonds is 4. The molecule has 1 aromatic rings. The van der Waals surface area contributed by atoms with Crippen molar-refractivity contribution in [2.45, 2.75) is 32.7 Å². The molecule has 3 nitrogen and oxygen atoms in total. The van der Waals surface area contributed by atoms with Crippen LogP contribution in [0.2, 0.25) is 0 Å². The van der Waals surface area contributed by atoms with E-state index >= 15 is 0 Å². The first-order chi connectivity index (χ1) is 6.96. The average molecular weight is 227 g/mol. The van der Waals surface area contributed by atoms with Crippen molar-refractivity contribution >= 4 is 17.2 Å². The molecule has 0 aliphatic rings. The van der Waals surface area contributed by atoms with Crippen LogP contribution in [0.5, 0.6) is 0 Å². The molecule has 1 rings (SSSR count). The summed E-state index contributed by atoms with van der Waals surface area (Å²) < 4.78 is 0. The van der Waals surface area contributed by atoms with E-state index in [1.807, 2.05) is 31.5 Å². The van der Waals surface area contributed by atoms with Gasteiger partial charge in [0.25, 0.3) is 5.91 Å². The summed E-state index contributed by atoms with van der Waals surface area (Å²) in [4.78, 5) is 11.8. The van der Waals surface area contributed by atoms with Crippen LogP contribution in [0.4, 0.5) is 0 Å². The van der Waals surface area contributed by atoms with Gasteiger partial charge < -0.3 is 10.4 Å². The summed E-state index contributed by atoms with van der Waals surface area (Å²) in [5.41, 5.74) is 1.36. The lowest BCUT2D eigenvalue weighted by Crippen LogP contribution is -2.44. The van der Waals surface area contributed by atoms with Gasteiger partial charge in [-0.15, -0.1) is 0 Å². The molecule has 84 valence electrons. The zero-order valence-corrected chi connectivity index (χ0v) is 10.1. The highest BCUT2D eigenvalue weighted by atomic mass is 32.1. The number of nitrogens with one attached hydrogen (secondary N) is 1. The highest BCUT2D eigenvalue weighted by Crippen LogP contribution is 2.15. The molecule has 4 heteroatoms. The Labute approximate surface area is 94.1 Å². The summed E-state index contributed by atoms with van der Waals surface area (Å²) in [6, 6.07) is 0. The van der Waals surface area contributed by atoms with Crippen LogP contribution in [0.3, 0.4) is 0 Å². The molecule has 15 heavy (non-hydrogen) atoms. The number of thiophene rings is 1. The number of aryl methyl sites for hydroxylation is 1. The van der Waals surface area contributed by atoms with E-state index in [1.165, 1.54) is 11.3 Å². The lowest BCUT2D eigenvalue weighted by atomic mass is 10.0. The normalized spacial score (nSPS) is 11.5. The highest BCUT2D eigenvalue weighted by molar-refractivity contribution is 7.08. The predicted octanol–water partition coefficient (Wildman–Crippen LogP) is 1.95. The molecule has 2 N–H and O–H groups in total. The summed E-state index contributed by atoms with van der Waals surface area (Å²) in [6.45, 7) is 5.81. The maximum atomic E-state index is 11.8. The molecule has 0 spiro atoms. The van der Waals surface area contributed by atoms with Gasteiger partial charge in [0.1, 0.15) is 0 Å². The minimum absolute atomic E-state index is 0.0628. The van der Waals surface area contributed by atoms with Crippen LogP contribution in [-0.2, 0) is 0 Å². The van der Waals surface area contributed by atoms with Gasteiger partial charge in [-0.1, -0.05) is 0 Å². The summed E-state index contributed by atoms with van der Waals surface area (Å²) >= 11 is 1.52. The molecule has 1 heterocycles. The molecular formula is C11H17NO2S. The van der Waals surface area contributed by atoms with Gasteiger partial charge in [0.05, 0.1) is 5.56 Å². The molecule has 0 radical (unpaired) electrons.